The first-order chi connectivity index (χ1) is 5.84. The van der Waals surface area contributed by atoms with Crippen LogP contribution in [-0.2, 0) is 0 Å². The first-order valence-electron chi connectivity index (χ1n) is 3.50. The van der Waals surface area contributed by atoms with E-state index in [1.807, 2.05) is 17.5 Å². The van der Waals surface area contributed by atoms with Crippen LogP contribution in [0.3, 0.4) is 0 Å². The van der Waals surface area contributed by atoms with E-state index < -0.39 is 0 Å². The number of anilines is 3. The zero-order valence-electron chi connectivity index (χ0n) is 6.28. The average molecular weight is 180 g/mol. The molecular weight excluding hydrogens is 172 g/mol. The summed E-state index contributed by atoms with van der Waals surface area (Å²) in [6.07, 6.45) is 0. The van der Waals surface area contributed by atoms with Gasteiger partial charge < -0.3 is 15.5 Å². The van der Waals surface area contributed by atoms with Crippen LogP contribution in [0, 0.1) is 0 Å². The third-order valence-corrected chi connectivity index (χ3v) is 2.18. The van der Waals surface area contributed by atoms with E-state index >= 15 is 0 Å². The minimum atomic E-state index is 0.425. The largest absolute Gasteiger partial charge is 0.425 e. The topological polar surface area (TPSA) is 51.2 Å². The molecule has 0 atom stereocenters. The number of furan rings is 1. The van der Waals surface area contributed by atoms with E-state index in [4.69, 9.17) is 10.2 Å². The molecule has 3 nitrogen and oxygen atoms in total. The Morgan fingerprint density at radius 3 is 2.83 bits per heavy atom. The van der Waals surface area contributed by atoms with Crippen LogP contribution in [0.5, 0.6) is 0 Å². The molecule has 62 valence electrons. The lowest BCUT2D eigenvalue weighted by molar-refractivity contribution is 0.606. The first kappa shape index (κ1) is 7.24. The van der Waals surface area contributed by atoms with Gasteiger partial charge in [-0.25, -0.2) is 0 Å². The van der Waals surface area contributed by atoms with Crippen LogP contribution in [0.1, 0.15) is 0 Å². The molecule has 0 radical (unpaired) electrons. The maximum absolute atomic E-state index is 5.40. The minimum Gasteiger partial charge on any atom is -0.425 e. The molecule has 4 heteroatoms. The molecule has 2 aromatic rings. The zero-order valence-corrected chi connectivity index (χ0v) is 7.10. The van der Waals surface area contributed by atoms with Crippen LogP contribution in [0.4, 0.5) is 16.8 Å². The van der Waals surface area contributed by atoms with Gasteiger partial charge in [0.1, 0.15) is 0 Å². The van der Waals surface area contributed by atoms with Gasteiger partial charge in [-0.2, -0.15) is 0 Å². The van der Waals surface area contributed by atoms with Crippen molar-refractivity contribution in [3.63, 3.8) is 0 Å². The highest BCUT2D eigenvalue weighted by Crippen LogP contribution is 2.23. The molecule has 12 heavy (non-hydrogen) atoms. The summed E-state index contributed by atoms with van der Waals surface area (Å²) in [7, 11) is 0. The average Bonchev–Trinajstić information content (AvgIpc) is 2.63. The summed E-state index contributed by atoms with van der Waals surface area (Å²) in [4.78, 5) is 0. The molecule has 2 rings (SSSR count). The van der Waals surface area contributed by atoms with Crippen LogP contribution in [0.25, 0.3) is 0 Å². The fourth-order valence-electron chi connectivity index (χ4n) is 0.891. The standard InChI is InChI=1S/C8H8N2OS/c9-6-3-4-7(11-6)10-8-2-1-5-12-8/h1-5,10H,9H2. The number of nitrogen functional groups attached to an aromatic ring is 1. The maximum Gasteiger partial charge on any atom is 0.200 e. The van der Waals surface area contributed by atoms with E-state index in [0.717, 1.165) is 5.00 Å². The van der Waals surface area contributed by atoms with Crippen LogP contribution in [0.15, 0.2) is 34.1 Å². The van der Waals surface area contributed by atoms with Gasteiger partial charge in [-0.05, 0) is 17.5 Å². The number of hydrogen-bond donors (Lipinski definition) is 2. The van der Waals surface area contributed by atoms with Crippen LogP contribution in [0.2, 0.25) is 0 Å². The molecule has 0 saturated heterocycles. The maximum atomic E-state index is 5.40. The first-order valence-corrected chi connectivity index (χ1v) is 4.38. The SMILES string of the molecule is Nc1ccc(Nc2cccs2)o1. The van der Waals surface area contributed by atoms with Crippen molar-refractivity contribution in [1.29, 1.82) is 0 Å². The van der Waals surface area contributed by atoms with Crippen molar-refractivity contribution in [2.45, 2.75) is 0 Å². The van der Waals surface area contributed by atoms with E-state index in [1.165, 1.54) is 0 Å². The van der Waals surface area contributed by atoms with E-state index in [1.54, 1.807) is 23.5 Å². The van der Waals surface area contributed by atoms with Crippen LogP contribution in [-0.4, -0.2) is 0 Å². The smallest absolute Gasteiger partial charge is 0.200 e. The van der Waals surface area contributed by atoms with Gasteiger partial charge in [0.2, 0.25) is 5.88 Å². The lowest BCUT2D eigenvalue weighted by Crippen LogP contribution is -1.83. The summed E-state index contributed by atoms with van der Waals surface area (Å²) in [6, 6.07) is 7.47. The van der Waals surface area contributed by atoms with Crippen molar-refractivity contribution in [3.05, 3.63) is 29.6 Å². The van der Waals surface area contributed by atoms with Crippen molar-refractivity contribution >= 4 is 28.1 Å². The molecule has 0 amide bonds. The number of nitrogens with two attached hydrogens (primary N) is 1. The van der Waals surface area contributed by atoms with Gasteiger partial charge in [-0.3, -0.25) is 0 Å². The molecule has 0 aliphatic rings. The molecule has 0 bridgehead atoms. The Bertz CT molecular complexity index is 353. The van der Waals surface area contributed by atoms with Crippen molar-refractivity contribution < 1.29 is 4.42 Å². The number of hydrogen-bond acceptors (Lipinski definition) is 4. The van der Waals surface area contributed by atoms with Gasteiger partial charge in [-0.15, -0.1) is 11.3 Å². The lowest BCUT2D eigenvalue weighted by Gasteiger charge is -1.96. The summed E-state index contributed by atoms with van der Waals surface area (Å²) in [5, 5.41) is 6.12. The molecule has 0 aliphatic heterocycles. The van der Waals surface area contributed by atoms with Gasteiger partial charge in [0.15, 0.2) is 5.88 Å². The fraction of sp³-hybridized carbons (Fsp3) is 0. The molecule has 0 fully saturated rings. The molecule has 0 unspecified atom stereocenters. The van der Waals surface area contributed by atoms with Crippen molar-refractivity contribution in [1.82, 2.24) is 0 Å². The zero-order chi connectivity index (χ0) is 8.39. The third kappa shape index (κ3) is 1.43. The Kier molecular flexibility index (Phi) is 1.75. The number of nitrogens with one attached hydrogen (secondary N) is 1. The second kappa shape index (κ2) is 2.91. The molecule has 0 aliphatic carbocycles. The van der Waals surface area contributed by atoms with E-state index in [2.05, 4.69) is 5.32 Å². The molecular formula is C8H8N2OS. The monoisotopic (exact) mass is 180 g/mol. The summed E-state index contributed by atoms with van der Waals surface area (Å²) in [6.45, 7) is 0. The van der Waals surface area contributed by atoms with Crippen molar-refractivity contribution in [2.24, 2.45) is 0 Å². The Labute approximate surface area is 73.8 Å². The summed E-state index contributed by atoms with van der Waals surface area (Å²) >= 11 is 1.62. The summed E-state index contributed by atoms with van der Waals surface area (Å²) in [5.74, 6) is 1.10. The molecule has 0 spiro atoms. The van der Waals surface area contributed by atoms with E-state index in [0.29, 0.717) is 11.8 Å². The number of thiophene rings is 1. The normalized spacial score (nSPS) is 10.0. The lowest BCUT2D eigenvalue weighted by atomic mass is 10.5. The Morgan fingerprint density at radius 2 is 2.25 bits per heavy atom. The predicted molar refractivity (Wildman–Crippen MR) is 50.7 cm³/mol. The number of rotatable bonds is 2. The molecule has 3 N–H and O–H groups in total. The Hall–Kier alpha value is -1.42. The van der Waals surface area contributed by atoms with E-state index in [-0.39, 0.29) is 0 Å². The Morgan fingerprint density at radius 1 is 1.33 bits per heavy atom. The molecule has 2 heterocycles. The molecule has 2 aromatic heterocycles. The summed E-state index contributed by atoms with van der Waals surface area (Å²) < 4.78 is 5.13. The molecule has 0 saturated carbocycles. The molecule has 0 aromatic carbocycles. The highest BCUT2D eigenvalue weighted by Gasteiger charge is 1.98. The minimum absolute atomic E-state index is 0.425. The van der Waals surface area contributed by atoms with Crippen LogP contribution >= 0.6 is 11.3 Å². The quantitative estimate of drug-likeness (QED) is 0.747. The second-order valence-corrected chi connectivity index (χ2v) is 3.25. The fourth-order valence-corrected chi connectivity index (χ4v) is 1.51. The van der Waals surface area contributed by atoms with Gasteiger partial charge >= 0.3 is 0 Å². The highest BCUT2D eigenvalue weighted by atomic mass is 32.1. The van der Waals surface area contributed by atoms with Crippen molar-refractivity contribution in [2.75, 3.05) is 11.1 Å². The van der Waals surface area contributed by atoms with E-state index in [9.17, 15) is 0 Å². The van der Waals surface area contributed by atoms with Gasteiger partial charge in [0, 0.05) is 12.1 Å². The van der Waals surface area contributed by atoms with Crippen molar-refractivity contribution in [3.8, 4) is 0 Å². The Balaban J connectivity index is 2.14. The van der Waals surface area contributed by atoms with Gasteiger partial charge in [-0.1, -0.05) is 0 Å². The second-order valence-electron chi connectivity index (χ2n) is 2.30. The van der Waals surface area contributed by atoms with Gasteiger partial charge in [0.05, 0.1) is 5.00 Å². The predicted octanol–water partition coefficient (Wildman–Crippen LogP) is 2.67. The highest BCUT2D eigenvalue weighted by molar-refractivity contribution is 7.14. The van der Waals surface area contributed by atoms with Gasteiger partial charge in [0.25, 0.3) is 0 Å². The third-order valence-electron chi connectivity index (χ3n) is 1.39. The summed E-state index contributed by atoms with van der Waals surface area (Å²) in [5.41, 5.74) is 5.40. The van der Waals surface area contributed by atoms with Crippen LogP contribution < -0.4 is 11.1 Å².